The molecule has 0 aliphatic carbocycles. The van der Waals surface area contributed by atoms with Gasteiger partial charge in [-0.3, -0.25) is 0 Å². The molecule has 330 valence electrons. The number of aromatic nitrogens is 5. The first-order chi connectivity index (χ1) is 35.2. The summed E-state index contributed by atoms with van der Waals surface area (Å²) in [5.41, 5.74) is 12.8. The lowest BCUT2D eigenvalue weighted by Crippen LogP contribution is -2.02. The molecule has 15 aromatic rings. The second kappa shape index (κ2) is 15.4. The van der Waals surface area contributed by atoms with Crippen molar-refractivity contribution in [2.45, 2.75) is 0 Å². The molecule has 0 atom stereocenters. The van der Waals surface area contributed by atoms with Crippen LogP contribution in [0.25, 0.3) is 144 Å². The summed E-state index contributed by atoms with van der Waals surface area (Å²) in [6.45, 7) is 0. The zero-order valence-electron chi connectivity index (χ0n) is 38.2. The molecule has 0 radical (unpaired) electrons. The number of benzene rings is 11. The van der Waals surface area contributed by atoms with E-state index < -0.39 is 0 Å². The van der Waals surface area contributed by atoms with Crippen molar-refractivity contribution in [3.63, 3.8) is 0 Å². The van der Waals surface area contributed by atoms with Gasteiger partial charge in [0.05, 0.1) is 38.7 Å². The molecule has 0 amide bonds. The monoisotopic (exact) mass is 905 g/mol. The molecule has 6 heteroatoms. The van der Waals surface area contributed by atoms with E-state index >= 15 is 0 Å². The summed E-state index contributed by atoms with van der Waals surface area (Å²) in [6.07, 6.45) is 0. The highest BCUT2D eigenvalue weighted by atomic mass is 16.3. The van der Waals surface area contributed by atoms with Gasteiger partial charge in [-0.25, -0.2) is 15.0 Å². The highest BCUT2D eigenvalue weighted by Crippen LogP contribution is 2.45. The van der Waals surface area contributed by atoms with Crippen LogP contribution in [0.5, 0.6) is 0 Å². The molecule has 0 unspecified atom stereocenters. The molecule has 0 saturated carbocycles. The molecule has 71 heavy (non-hydrogen) atoms. The molecular weight excluding hydrogens is 867 g/mol. The zero-order valence-corrected chi connectivity index (χ0v) is 38.2. The molecule has 0 aliphatic rings. The highest BCUT2D eigenvalue weighted by Gasteiger charge is 2.25. The van der Waals surface area contributed by atoms with Crippen molar-refractivity contribution in [2.75, 3.05) is 0 Å². The summed E-state index contributed by atoms with van der Waals surface area (Å²) in [7, 11) is 0. The second-order valence-corrected chi connectivity index (χ2v) is 18.3. The van der Waals surface area contributed by atoms with Gasteiger partial charge in [0.15, 0.2) is 17.5 Å². The van der Waals surface area contributed by atoms with Crippen molar-refractivity contribution in [1.29, 1.82) is 0 Å². The van der Waals surface area contributed by atoms with Crippen LogP contribution < -0.4 is 0 Å². The second-order valence-electron chi connectivity index (χ2n) is 18.3. The van der Waals surface area contributed by atoms with Crippen molar-refractivity contribution in [1.82, 2.24) is 24.1 Å². The average molecular weight is 906 g/mol. The molecule has 0 saturated heterocycles. The van der Waals surface area contributed by atoms with Gasteiger partial charge in [0.25, 0.3) is 0 Å². The molecule has 11 aromatic carbocycles. The van der Waals surface area contributed by atoms with Gasteiger partial charge < -0.3 is 13.6 Å². The number of para-hydroxylation sites is 3. The number of furan rings is 1. The first-order valence-corrected chi connectivity index (χ1v) is 24.0. The molecule has 0 fully saturated rings. The van der Waals surface area contributed by atoms with E-state index in [-0.39, 0.29) is 0 Å². The van der Waals surface area contributed by atoms with Crippen LogP contribution in [0.15, 0.2) is 241 Å². The third-order valence-corrected chi connectivity index (χ3v) is 14.3. The van der Waals surface area contributed by atoms with Gasteiger partial charge in [0, 0.05) is 43.7 Å². The van der Waals surface area contributed by atoms with Crippen LogP contribution >= 0.6 is 0 Å². The minimum Gasteiger partial charge on any atom is -0.455 e. The summed E-state index contributed by atoms with van der Waals surface area (Å²) >= 11 is 0. The van der Waals surface area contributed by atoms with Crippen molar-refractivity contribution >= 4 is 87.1 Å². The topological polar surface area (TPSA) is 61.7 Å². The van der Waals surface area contributed by atoms with E-state index in [9.17, 15) is 0 Å². The Morgan fingerprint density at radius 2 is 0.873 bits per heavy atom. The van der Waals surface area contributed by atoms with E-state index in [1.54, 1.807) is 0 Å². The van der Waals surface area contributed by atoms with E-state index in [1.807, 2.05) is 6.07 Å². The molecule has 6 nitrogen and oxygen atoms in total. The number of fused-ring (bicyclic) bond motifs is 11. The molecule has 0 spiro atoms. The molecule has 4 heterocycles. The first-order valence-electron chi connectivity index (χ1n) is 24.0. The van der Waals surface area contributed by atoms with Gasteiger partial charge in [0.1, 0.15) is 11.2 Å². The number of rotatable bonds is 6. The fourth-order valence-electron chi connectivity index (χ4n) is 11.1. The number of hydrogen-bond donors (Lipinski definition) is 0. The van der Waals surface area contributed by atoms with Gasteiger partial charge in [-0.05, 0) is 105 Å². The lowest BCUT2D eigenvalue weighted by molar-refractivity contribution is 0.670. The minimum absolute atomic E-state index is 0.521. The quantitative estimate of drug-likeness (QED) is 0.167. The Morgan fingerprint density at radius 3 is 1.65 bits per heavy atom. The van der Waals surface area contributed by atoms with Crippen molar-refractivity contribution in [2.24, 2.45) is 0 Å². The summed E-state index contributed by atoms with van der Waals surface area (Å²) in [4.78, 5) is 16.4. The molecule has 4 aromatic heterocycles. The fourth-order valence-corrected chi connectivity index (χ4v) is 11.1. The van der Waals surface area contributed by atoms with Gasteiger partial charge in [-0.15, -0.1) is 0 Å². The van der Waals surface area contributed by atoms with Crippen LogP contribution in [0.3, 0.4) is 0 Å². The third kappa shape index (κ3) is 6.11. The van der Waals surface area contributed by atoms with Gasteiger partial charge >= 0.3 is 0 Å². The van der Waals surface area contributed by atoms with Gasteiger partial charge in [-0.1, -0.05) is 164 Å². The van der Waals surface area contributed by atoms with Crippen LogP contribution in [0.4, 0.5) is 0 Å². The van der Waals surface area contributed by atoms with E-state index in [2.05, 4.69) is 240 Å². The lowest BCUT2D eigenvalue weighted by atomic mass is 10.0. The van der Waals surface area contributed by atoms with Crippen molar-refractivity contribution < 1.29 is 4.42 Å². The Hall–Kier alpha value is -9.65. The van der Waals surface area contributed by atoms with E-state index in [4.69, 9.17) is 19.4 Å². The number of hydrogen-bond acceptors (Lipinski definition) is 4. The maximum absolute atomic E-state index is 7.21. The Bertz CT molecular complexity index is 4640. The van der Waals surface area contributed by atoms with Crippen LogP contribution in [0.1, 0.15) is 0 Å². The van der Waals surface area contributed by atoms with E-state index in [1.165, 1.54) is 21.5 Å². The van der Waals surface area contributed by atoms with Crippen molar-refractivity contribution in [3.8, 4) is 56.7 Å². The smallest absolute Gasteiger partial charge is 0.167 e. The van der Waals surface area contributed by atoms with Gasteiger partial charge in [-0.2, -0.15) is 0 Å². The third-order valence-electron chi connectivity index (χ3n) is 14.3. The average Bonchev–Trinajstić information content (AvgIpc) is 4.09. The predicted molar refractivity (Wildman–Crippen MR) is 293 cm³/mol. The molecule has 0 aliphatic heterocycles. The zero-order chi connectivity index (χ0) is 46.6. The van der Waals surface area contributed by atoms with E-state index in [0.717, 1.165) is 99.2 Å². The molecular formula is C65H39N5O. The molecule has 15 rings (SSSR count). The Labute approximate surface area is 407 Å². The van der Waals surface area contributed by atoms with Crippen molar-refractivity contribution in [3.05, 3.63) is 237 Å². The SMILES string of the molecule is c1ccc(-c2cccc(-c3nc(-c4ccc(-n5c6ccccc6c6cc7ccccc7cc65)c5c4oc4cc6ccccc6cc45)nc(-c4cccc5c4c4ccccc4n5-c4ccccc4)n3)c2)cc1. The minimum atomic E-state index is 0.521. The first kappa shape index (κ1) is 39.4. The van der Waals surface area contributed by atoms with Crippen LogP contribution in [0.2, 0.25) is 0 Å². The van der Waals surface area contributed by atoms with Gasteiger partial charge in [0.2, 0.25) is 0 Å². The predicted octanol–water partition coefficient (Wildman–Crippen LogP) is 16.9. The Kier molecular flexibility index (Phi) is 8.56. The summed E-state index contributed by atoms with van der Waals surface area (Å²) in [5, 5.41) is 11.2. The summed E-state index contributed by atoms with van der Waals surface area (Å²) < 4.78 is 12.0. The number of nitrogens with zero attached hydrogens (tertiary/aromatic N) is 5. The molecule has 0 bridgehead atoms. The fraction of sp³-hybridized carbons (Fsp3) is 0. The van der Waals surface area contributed by atoms with Crippen LogP contribution in [0, 0.1) is 0 Å². The van der Waals surface area contributed by atoms with Crippen LogP contribution in [-0.4, -0.2) is 24.1 Å². The maximum Gasteiger partial charge on any atom is 0.167 e. The Balaban J connectivity index is 1.04. The summed E-state index contributed by atoms with van der Waals surface area (Å²) in [6, 6.07) is 83.8. The molecule has 0 N–H and O–H groups in total. The summed E-state index contributed by atoms with van der Waals surface area (Å²) in [5.74, 6) is 1.66. The van der Waals surface area contributed by atoms with Crippen LogP contribution in [-0.2, 0) is 0 Å². The normalized spacial score (nSPS) is 11.9. The maximum atomic E-state index is 7.21. The highest BCUT2D eigenvalue weighted by molar-refractivity contribution is 6.20. The standard InChI is InChI=1S/C65H39N5O/c1-3-17-40(18-4-1)41-23-15-24-46(35-41)63-66-64(50-29-16-32-56-60(50)49-28-12-14-31-55(49)69(56)47-25-5-2-6-26-47)68-65(67-63)51-33-34-57(61-53-37-43-20-8-10-22-45(43)39-59(53)71-62(51)61)70-54-30-13-11-27-48(54)52-36-42-19-7-9-21-44(42)38-58(52)70/h1-39H. The Morgan fingerprint density at radius 1 is 0.310 bits per heavy atom. The van der Waals surface area contributed by atoms with E-state index in [0.29, 0.717) is 23.1 Å². The largest absolute Gasteiger partial charge is 0.455 e. The lowest BCUT2D eigenvalue weighted by Gasteiger charge is -2.14.